The number of fused-ring (bicyclic) bond motifs is 1. The maximum Gasteiger partial charge on any atom is 0.266 e. The molecular weight excluding hydrogens is 396 g/mol. The third-order valence-corrected chi connectivity index (χ3v) is 5.71. The first-order valence-corrected chi connectivity index (χ1v) is 10.7. The highest BCUT2D eigenvalue weighted by atomic mass is 32.2. The fourth-order valence-electron chi connectivity index (χ4n) is 3.06. The average Bonchev–Trinajstić information content (AvgIpc) is 2.78. The molecule has 152 valence electrons. The molecule has 0 radical (unpaired) electrons. The zero-order valence-corrected chi connectivity index (χ0v) is 17.4. The van der Waals surface area contributed by atoms with Gasteiger partial charge in [0.05, 0.1) is 22.7 Å². The van der Waals surface area contributed by atoms with Gasteiger partial charge in [-0.2, -0.15) is 0 Å². The van der Waals surface area contributed by atoms with Crippen LogP contribution in [-0.4, -0.2) is 33.1 Å². The summed E-state index contributed by atoms with van der Waals surface area (Å²) in [4.78, 5) is 17.9. The molecule has 30 heavy (non-hydrogen) atoms. The second-order valence-electron chi connectivity index (χ2n) is 6.98. The summed E-state index contributed by atoms with van der Waals surface area (Å²) in [7, 11) is 0. The molecule has 1 heterocycles. The normalized spacial score (nSPS) is 12.1. The predicted octanol–water partition coefficient (Wildman–Crippen LogP) is 4.23. The highest BCUT2D eigenvalue weighted by Crippen LogP contribution is 2.22. The van der Waals surface area contributed by atoms with E-state index in [1.54, 1.807) is 10.6 Å². The topological polar surface area (TPSA) is 64.3 Å². The van der Waals surface area contributed by atoms with Crippen molar-refractivity contribution in [2.24, 2.45) is 0 Å². The van der Waals surface area contributed by atoms with Gasteiger partial charge < -0.3 is 9.84 Å². The van der Waals surface area contributed by atoms with E-state index in [0.717, 1.165) is 11.3 Å². The molecule has 0 aliphatic heterocycles. The van der Waals surface area contributed by atoms with Crippen LogP contribution in [-0.2, 0) is 0 Å². The second kappa shape index (κ2) is 9.15. The van der Waals surface area contributed by atoms with E-state index in [0.29, 0.717) is 27.6 Å². The van der Waals surface area contributed by atoms with Crippen LogP contribution in [0.15, 0.2) is 88.8 Å². The van der Waals surface area contributed by atoms with Gasteiger partial charge in [-0.1, -0.05) is 59.8 Å². The van der Waals surface area contributed by atoms with Crippen LogP contribution < -0.4 is 10.3 Å². The average molecular weight is 419 g/mol. The first kappa shape index (κ1) is 20.2. The highest BCUT2D eigenvalue weighted by Gasteiger charge is 2.15. The van der Waals surface area contributed by atoms with Gasteiger partial charge in [0.25, 0.3) is 5.56 Å². The highest BCUT2D eigenvalue weighted by molar-refractivity contribution is 7.99. The zero-order chi connectivity index (χ0) is 20.9. The van der Waals surface area contributed by atoms with Crippen LogP contribution in [0.1, 0.15) is 5.56 Å². The number of ether oxygens (including phenoxy) is 1. The Labute approximate surface area is 179 Å². The number of para-hydroxylation sites is 2. The Hall–Kier alpha value is -3.09. The number of hydrogen-bond donors (Lipinski definition) is 1. The van der Waals surface area contributed by atoms with E-state index < -0.39 is 6.10 Å². The molecule has 0 unspecified atom stereocenters. The van der Waals surface area contributed by atoms with Gasteiger partial charge in [-0.15, -0.1) is 0 Å². The molecule has 0 bridgehead atoms. The number of aryl methyl sites for hydroxylation is 1. The molecule has 0 spiro atoms. The molecule has 6 heteroatoms. The quantitative estimate of drug-likeness (QED) is 0.360. The summed E-state index contributed by atoms with van der Waals surface area (Å²) >= 11 is 1.34. The number of nitrogens with zero attached hydrogens (tertiary/aromatic N) is 2. The monoisotopic (exact) mass is 418 g/mol. The first-order valence-electron chi connectivity index (χ1n) is 9.69. The maximum absolute atomic E-state index is 13.2. The minimum absolute atomic E-state index is 0.123. The first-order chi connectivity index (χ1) is 14.6. The second-order valence-corrected chi connectivity index (χ2v) is 7.96. The Balaban J connectivity index is 1.60. The molecule has 0 aliphatic rings. The van der Waals surface area contributed by atoms with Crippen molar-refractivity contribution in [3.05, 3.63) is 94.8 Å². The molecular formula is C24H22N2O3S. The fourth-order valence-corrected chi connectivity index (χ4v) is 3.98. The van der Waals surface area contributed by atoms with E-state index in [-0.39, 0.29) is 12.2 Å². The van der Waals surface area contributed by atoms with Crippen LogP contribution in [0.5, 0.6) is 5.75 Å². The molecule has 3 aromatic carbocycles. The summed E-state index contributed by atoms with van der Waals surface area (Å²) in [5, 5.41) is 11.5. The van der Waals surface area contributed by atoms with Crippen molar-refractivity contribution in [3.8, 4) is 11.4 Å². The van der Waals surface area contributed by atoms with E-state index in [9.17, 15) is 9.90 Å². The minimum Gasteiger partial charge on any atom is -0.491 e. The SMILES string of the molecule is Cc1ccc(-n2c(SC[C@H](O)COc3ccccc3)nc3ccccc3c2=O)cc1. The van der Waals surface area contributed by atoms with Crippen LogP contribution in [0, 0.1) is 6.92 Å². The summed E-state index contributed by atoms with van der Waals surface area (Å²) in [6.07, 6.45) is -0.704. The lowest BCUT2D eigenvalue weighted by atomic mass is 10.2. The van der Waals surface area contributed by atoms with Gasteiger partial charge in [0.15, 0.2) is 5.16 Å². The minimum atomic E-state index is -0.704. The molecule has 4 aromatic rings. The summed E-state index contributed by atoms with van der Waals surface area (Å²) < 4.78 is 7.23. The molecule has 5 nitrogen and oxygen atoms in total. The van der Waals surface area contributed by atoms with Crippen LogP contribution >= 0.6 is 11.8 Å². The third kappa shape index (κ3) is 4.56. The van der Waals surface area contributed by atoms with Gasteiger partial charge in [-0.25, -0.2) is 4.98 Å². The van der Waals surface area contributed by atoms with Crippen molar-refractivity contribution in [3.63, 3.8) is 0 Å². The number of rotatable bonds is 7. The number of aliphatic hydroxyl groups excluding tert-OH is 1. The lowest BCUT2D eigenvalue weighted by molar-refractivity contribution is 0.126. The van der Waals surface area contributed by atoms with Crippen LogP contribution in [0.2, 0.25) is 0 Å². The summed E-state index contributed by atoms with van der Waals surface area (Å²) in [6, 6.07) is 24.4. The van der Waals surface area contributed by atoms with E-state index in [1.807, 2.05) is 79.7 Å². The van der Waals surface area contributed by atoms with Gasteiger partial charge in [-0.05, 0) is 43.3 Å². The third-order valence-electron chi connectivity index (χ3n) is 4.63. The number of hydrogen-bond acceptors (Lipinski definition) is 5. The van der Waals surface area contributed by atoms with E-state index in [2.05, 4.69) is 0 Å². The van der Waals surface area contributed by atoms with Crippen molar-refractivity contribution in [1.29, 1.82) is 0 Å². The fraction of sp³-hybridized carbons (Fsp3) is 0.167. The Bertz CT molecular complexity index is 1190. The van der Waals surface area contributed by atoms with Gasteiger partial charge >= 0.3 is 0 Å². The van der Waals surface area contributed by atoms with Crippen molar-refractivity contribution < 1.29 is 9.84 Å². The van der Waals surface area contributed by atoms with Gasteiger partial charge in [0.1, 0.15) is 12.4 Å². The molecule has 0 saturated heterocycles. The lowest BCUT2D eigenvalue weighted by Gasteiger charge is -2.15. The standard InChI is InChI=1S/C24H22N2O3S/c1-17-11-13-18(14-12-17)26-23(28)21-9-5-6-10-22(21)25-24(26)30-16-19(27)15-29-20-7-3-2-4-8-20/h2-14,19,27H,15-16H2,1H3/t19-/m1/s1. The van der Waals surface area contributed by atoms with E-state index >= 15 is 0 Å². The number of thioether (sulfide) groups is 1. The Morgan fingerprint density at radius 3 is 2.47 bits per heavy atom. The molecule has 1 N–H and O–H groups in total. The summed E-state index contributed by atoms with van der Waals surface area (Å²) in [6.45, 7) is 2.17. The van der Waals surface area contributed by atoms with Gasteiger partial charge in [0.2, 0.25) is 0 Å². The van der Waals surface area contributed by atoms with Gasteiger partial charge in [-0.3, -0.25) is 9.36 Å². The van der Waals surface area contributed by atoms with Crippen molar-refractivity contribution in [1.82, 2.24) is 9.55 Å². The maximum atomic E-state index is 13.2. The summed E-state index contributed by atoms with van der Waals surface area (Å²) in [5.41, 5.74) is 2.38. The summed E-state index contributed by atoms with van der Waals surface area (Å²) in [5.74, 6) is 1.06. The predicted molar refractivity (Wildman–Crippen MR) is 121 cm³/mol. The molecule has 0 amide bonds. The number of aliphatic hydroxyl groups is 1. The lowest BCUT2D eigenvalue weighted by Crippen LogP contribution is -2.24. The Kier molecular flexibility index (Phi) is 6.16. The largest absolute Gasteiger partial charge is 0.491 e. The van der Waals surface area contributed by atoms with Crippen molar-refractivity contribution in [2.75, 3.05) is 12.4 Å². The molecule has 0 fully saturated rings. The van der Waals surface area contributed by atoms with Crippen LogP contribution in [0.3, 0.4) is 0 Å². The molecule has 1 aromatic heterocycles. The molecule has 1 atom stereocenters. The molecule has 4 rings (SSSR count). The van der Waals surface area contributed by atoms with E-state index in [4.69, 9.17) is 9.72 Å². The Morgan fingerprint density at radius 1 is 1.00 bits per heavy atom. The van der Waals surface area contributed by atoms with Crippen LogP contribution in [0.25, 0.3) is 16.6 Å². The smallest absolute Gasteiger partial charge is 0.266 e. The van der Waals surface area contributed by atoms with Crippen LogP contribution in [0.4, 0.5) is 0 Å². The van der Waals surface area contributed by atoms with Crippen molar-refractivity contribution in [2.45, 2.75) is 18.2 Å². The van der Waals surface area contributed by atoms with Gasteiger partial charge in [0, 0.05) is 5.75 Å². The van der Waals surface area contributed by atoms with E-state index in [1.165, 1.54) is 11.8 Å². The molecule has 0 saturated carbocycles. The van der Waals surface area contributed by atoms with Crippen molar-refractivity contribution >= 4 is 22.7 Å². The number of benzene rings is 3. The zero-order valence-electron chi connectivity index (χ0n) is 16.6. The Morgan fingerprint density at radius 2 is 1.70 bits per heavy atom. The molecule has 0 aliphatic carbocycles. The number of aromatic nitrogens is 2.